The lowest BCUT2D eigenvalue weighted by molar-refractivity contribution is -0.144. The molecule has 0 aliphatic carbocycles. The van der Waals surface area contributed by atoms with Gasteiger partial charge in [0.25, 0.3) is 5.92 Å². The van der Waals surface area contributed by atoms with Crippen LogP contribution >= 0.6 is 15.9 Å². The smallest absolute Gasteiger partial charge is 0.344 e. The molecule has 3 nitrogen and oxygen atoms in total. The normalized spacial score (nSPS) is 13.2. The summed E-state index contributed by atoms with van der Waals surface area (Å²) in [6.07, 6.45) is -1.87. The van der Waals surface area contributed by atoms with Gasteiger partial charge in [-0.15, -0.1) is 0 Å². The Labute approximate surface area is 116 Å². The molecular formula is C12H12BrF3O3. The second kappa shape index (κ2) is 5.81. The van der Waals surface area contributed by atoms with Crippen molar-refractivity contribution < 1.29 is 27.8 Å². The number of halogens is 4. The van der Waals surface area contributed by atoms with Gasteiger partial charge in [0.05, 0.1) is 10.0 Å². The van der Waals surface area contributed by atoms with Gasteiger partial charge in [-0.2, -0.15) is 0 Å². The number of carbonyl (C=O) groups is 1. The largest absolute Gasteiger partial charge is 0.479 e. The summed E-state index contributed by atoms with van der Waals surface area (Å²) in [4.78, 5) is 10.7. The monoisotopic (exact) mass is 340 g/mol. The summed E-state index contributed by atoms with van der Waals surface area (Å²) in [6, 6.07) is 1.66. The highest BCUT2D eigenvalue weighted by Crippen LogP contribution is 2.40. The number of hydrogen-bond donors (Lipinski definition) is 1. The van der Waals surface area contributed by atoms with E-state index in [0.717, 1.165) is 12.1 Å². The van der Waals surface area contributed by atoms with Crippen LogP contribution in [0, 0.1) is 5.82 Å². The zero-order chi connectivity index (χ0) is 14.8. The summed E-state index contributed by atoms with van der Waals surface area (Å²) in [5, 5.41) is 8.70. The third kappa shape index (κ3) is 3.62. The van der Waals surface area contributed by atoms with Crippen molar-refractivity contribution in [3.05, 3.63) is 28.0 Å². The van der Waals surface area contributed by atoms with Gasteiger partial charge in [-0.1, -0.05) is 6.92 Å². The highest BCUT2D eigenvalue weighted by Gasteiger charge is 2.34. The molecule has 0 saturated heterocycles. The molecular weight excluding hydrogens is 329 g/mol. The molecule has 0 saturated carbocycles. The molecule has 0 heterocycles. The summed E-state index contributed by atoms with van der Waals surface area (Å²) >= 11 is 2.82. The maximum atomic E-state index is 13.7. The van der Waals surface area contributed by atoms with E-state index in [1.807, 2.05) is 0 Å². The van der Waals surface area contributed by atoms with E-state index < -0.39 is 41.5 Å². The number of rotatable bonds is 5. The van der Waals surface area contributed by atoms with E-state index >= 15 is 0 Å². The molecule has 7 heteroatoms. The zero-order valence-corrected chi connectivity index (χ0v) is 11.8. The Morgan fingerprint density at radius 1 is 1.53 bits per heavy atom. The van der Waals surface area contributed by atoms with Crippen molar-refractivity contribution in [1.82, 2.24) is 0 Å². The van der Waals surface area contributed by atoms with Crippen LogP contribution in [-0.4, -0.2) is 17.2 Å². The van der Waals surface area contributed by atoms with E-state index in [9.17, 15) is 18.0 Å². The zero-order valence-electron chi connectivity index (χ0n) is 10.2. The van der Waals surface area contributed by atoms with Gasteiger partial charge >= 0.3 is 5.97 Å². The van der Waals surface area contributed by atoms with Gasteiger partial charge in [-0.25, -0.2) is 18.0 Å². The third-order valence-corrected chi connectivity index (χ3v) is 3.12. The second-order valence-electron chi connectivity index (χ2n) is 3.92. The highest BCUT2D eigenvalue weighted by molar-refractivity contribution is 9.10. The van der Waals surface area contributed by atoms with Crippen molar-refractivity contribution in [3.8, 4) is 5.75 Å². The first-order valence-corrected chi connectivity index (χ1v) is 6.25. The van der Waals surface area contributed by atoms with Crippen LogP contribution in [0.3, 0.4) is 0 Å². The van der Waals surface area contributed by atoms with Gasteiger partial charge in [-0.3, -0.25) is 0 Å². The van der Waals surface area contributed by atoms with Crippen molar-refractivity contribution in [3.63, 3.8) is 0 Å². The van der Waals surface area contributed by atoms with Crippen molar-refractivity contribution in [1.29, 1.82) is 0 Å². The number of aliphatic carboxylic acids is 1. The van der Waals surface area contributed by atoms with Crippen LogP contribution in [0.5, 0.6) is 5.75 Å². The molecule has 1 rings (SSSR count). The number of benzene rings is 1. The average Bonchev–Trinajstić information content (AvgIpc) is 2.33. The van der Waals surface area contributed by atoms with E-state index in [1.54, 1.807) is 0 Å². The lowest BCUT2D eigenvalue weighted by Gasteiger charge is -2.21. The van der Waals surface area contributed by atoms with Crippen LogP contribution in [0.25, 0.3) is 0 Å². The molecule has 1 N–H and O–H groups in total. The fourth-order valence-electron chi connectivity index (χ4n) is 1.34. The maximum absolute atomic E-state index is 13.7. The van der Waals surface area contributed by atoms with Gasteiger partial charge in [0.1, 0.15) is 11.6 Å². The van der Waals surface area contributed by atoms with E-state index in [4.69, 9.17) is 9.84 Å². The lowest BCUT2D eigenvalue weighted by atomic mass is 10.0. The number of alkyl halides is 2. The Morgan fingerprint density at radius 3 is 2.58 bits per heavy atom. The van der Waals surface area contributed by atoms with Gasteiger partial charge < -0.3 is 9.84 Å². The predicted octanol–water partition coefficient (Wildman–Crippen LogP) is 3.94. The molecule has 0 bridgehead atoms. The van der Waals surface area contributed by atoms with Crippen molar-refractivity contribution >= 4 is 21.9 Å². The molecule has 0 unspecified atom stereocenters. The van der Waals surface area contributed by atoms with Crippen LogP contribution < -0.4 is 4.74 Å². The number of ether oxygens (including phenoxy) is 1. The first-order valence-electron chi connectivity index (χ1n) is 5.45. The van der Waals surface area contributed by atoms with Gasteiger partial charge in [0.15, 0.2) is 6.10 Å². The summed E-state index contributed by atoms with van der Waals surface area (Å²) in [5.41, 5.74) is -0.545. The second-order valence-corrected chi connectivity index (χ2v) is 4.77. The van der Waals surface area contributed by atoms with Crippen LogP contribution in [-0.2, 0) is 10.7 Å². The Bertz CT molecular complexity index is 491. The molecule has 19 heavy (non-hydrogen) atoms. The summed E-state index contributed by atoms with van der Waals surface area (Å²) in [7, 11) is 0. The fraction of sp³-hybridized carbons (Fsp3) is 0.417. The third-order valence-electron chi connectivity index (χ3n) is 2.51. The molecule has 0 aromatic heterocycles. The molecule has 0 aliphatic rings. The molecule has 1 atom stereocenters. The van der Waals surface area contributed by atoms with Gasteiger partial charge in [0.2, 0.25) is 0 Å². The minimum Gasteiger partial charge on any atom is -0.479 e. The topological polar surface area (TPSA) is 46.5 Å². The Morgan fingerprint density at radius 2 is 2.11 bits per heavy atom. The van der Waals surface area contributed by atoms with Gasteiger partial charge in [0, 0.05) is 12.5 Å². The summed E-state index contributed by atoms with van der Waals surface area (Å²) in [6.45, 7) is 2.44. The molecule has 0 aliphatic heterocycles. The molecule has 0 radical (unpaired) electrons. The standard InChI is InChI=1S/C12H12BrF3O3/c1-3-12(15,16)7-4-8(13)9(14)5-10(7)19-6(2)11(17)18/h4-6H,3H2,1-2H3,(H,17,18)/t6-/m0/s1. The first kappa shape index (κ1) is 15.8. The molecule has 106 valence electrons. The quantitative estimate of drug-likeness (QED) is 0.882. The number of carboxylic acids is 1. The SMILES string of the molecule is CCC(F)(F)c1cc(Br)c(F)cc1O[C@@H](C)C(=O)O. The van der Waals surface area contributed by atoms with E-state index in [0.29, 0.717) is 0 Å². The maximum Gasteiger partial charge on any atom is 0.344 e. The number of carboxylic acid groups (broad SMARTS) is 1. The van der Waals surface area contributed by atoms with Crippen LogP contribution in [0.4, 0.5) is 13.2 Å². The molecule has 1 aromatic carbocycles. The van der Waals surface area contributed by atoms with E-state index in [2.05, 4.69) is 15.9 Å². The minimum atomic E-state index is -3.23. The predicted molar refractivity (Wildman–Crippen MR) is 66.0 cm³/mol. The minimum absolute atomic E-state index is 0.133. The Hall–Kier alpha value is -1.24. The van der Waals surface area contributed by atoms with Crippen LogP contribution in [0.1, 0.15) is 25.8 Å². The summed E-state index contributed by atoms with van der Waals surface area (Å²) < 4.78 is 45.6. The lowest BCUT2D eigenvalue weighted by Crippen LogP contribution is -2.25. The van der Waals surface area contributed by atoms with Crippen molar-refractivity contribution in [2.45, 2.75) is 32.3 Å². The van der Waals surface area contributed by atoms with Crippen molar-refractivity contribution in [2.24, 2.45) is 0 Å². The highest BCUT2D eigenvalue weighted by atomic mass is 79.9. The molecule has 0 fully saturated rings. The van der Waals surface area contributed by atoms with E-state index in [-0.39, 0.29) is 4.47 Å². The Balaban J connectivity index is 3.28. The average molecular weight is 341 g/mol. The van der Waals surface area contributed by atoms with Crippen molar-refractivity contribution in [2.75, 3.05) is 0 Å². The number of hydrogen-bond acceptors (Lipinski definition) is 2. The molecule has 0 amide bonds. The molecule has 0 spiro atoms. The summed E-state index contributed by atoms with van der Waals surface area (Å²) in [5.74, 6) is -5.83. The fourth-order valence-corrected chi connectivity index (χ4v) is 1.69. The van der Waals surface area contributed by atoms with E-state index in [1.165, 1.54) is 13.8 Å². The van der Waals surface area contributed by atoms with Gasteiger partial charge in [-0.05, 0) is 28.9 Å². The van der Waals surface area contributed by atoms with Crippen LogP contribution in [0.2, 0.25) is 0 Å². The molecule has 1 aromatic rings. The first-order chi connectivity index (χ1) is 8.69. The Kier molecular flexibility index (Phi) is 4.84. The van der Waals surface area contributed by atoms with Crippen LogP contribution in [0.15, 0.2) is 16.6 Å².